The zero-order valence-electron chi connectivity index (χ0n) is 17.6. The van der Waals surface area contributed by atoms with E-state index in [1.807, 2.05) is 0 Å². The van der Waals surface area contributed by atoms with Crippen molar-refractivity contribution in [2.24, 2.45) is 0 Å². The molecule has 34 heavy (non-hydrogen) atoms. The van der Waals surface area contributed by atoms with Crippen LogP contribution in [-0.4, -0.2) is 49.7 Å². The number of hydrogen-bond donors (Lipinski definition) is 2. The molecule has 1 saturated heterocycles. The van der Waals surface area contributed by atoms with Crippen LogP contribution in [0.1, 0.15) is 36.8 Å². The number of piperidine rings is 1. The van der Waals surface area contributed by atoms with Gasteiger partial charge in [-0.25, -0.2) is 18.7 Å². The predicted octanol–water partition coefficient (Wildman–Crippen LogP) is 4.78. The molecule has 0 bridgehead atoms. The number of halogens is 8. The molecule has 0 aromatic carbocycles. The summed E-state index contributed by atoms with van der Waals surface area (Å²) in [4.78, 5) is 8.75. The summed E-state index contributed by atoms with van der Waals surface area (Å²) in [5.41, 5.74) is 3.82. The maximum Gasteiger partial charge on any atom is 0.421 e. The lowest BCUT2D eigenvalue weighted by molar-refractivity contribution is -0.209. The molecule has 3 heterocycles. The van der Waals surface area contributed by atoms with E-state index in [0.29, 0.717) is 11.8 Å². The van der Waals surface area contributed by atoms with Crippen LogP contribution in [0.25, 0.3) is 11.3 Å². The average Bonchev–Trinajstić information content (AvgIpc) is 3.14. The van der Waals surface area contributed by atoms with Gasteiger partial charge in [0.05, 0.1) is 11.3 Å². The number of hydrogen-bond acceptors (Lipinski definition) is 5. The molecule has 1 atom stereocenters. The Morgan fingerprint density at radius 1 is 1.18 bits per heavy atom. The lowest BCUT2D eigenvalue weighted by atomic mass is 10.1. The van der Waals surface area contributed by atoms with Crippen LogP contribution in [-0.2, 0) is 12.7 Å². The van der Waals surface area contributed by atoms with E-state index in [0.717, 1.165) is 17.0 Å². The number of nitrogens with two attached hydrogens (primary N) is 1. The highest BCUT2D eigenvalue weighted by Crippen LogP contribution is 2.37. The number of aryl methyl sites for hydroxylation is 1. The van der Waals surface area contributed by atoms with Crippen molar-refractivity contribution in [3.8, 4) is 11.3 Å². The Morgan fingerprint density at radius 3 is 2.35 bits per heavy atom. The Morgan fingerprint density at radius 2 is 1.79 bits per heavy atom. The monoisotopic (exact) mass is 499 g/mol. The smallest absolute Gasteiger partial charge is 0.383 e. The number of aromatic nitrogens is 3. The number of anilines is 1. The number of nitrogen functional groups attached to an aromatic ring is 1. The van der Waals surface area contributed by atoms with Crippen LogP contribution >= 0.6 is 0 Å². The minimum absolute atomic E-state index is 0.0242. The number of aliphatic hydroxyl groups is 1. The Balaban J connectivity index is 1.88. The predicted molar refractivity (Wildman–Crippen MR) is 105 cm³/mol. The molecule has 2 aromatic rings. The third kappa shape index (κ3) is 5.77. The topological polar surface area (TPSA) is 80.2 Å². The fourth-order valence-corrected chi connectivity index (χ4v) is 3.51. The van der Waals surface area contributed by atoms with Crippen LogP contribution in [0.5, 0.6) is 0 Å². The molecule has 1 fully saturated rings. The van der Waals surface area contributed by atoms with Crippen molar-refractivity contribution < 1.29 is 40.2 Å². The number of aliphatic hydroxyl groups excluding tert-OH is 1. The van der Waals surface area contributed by atoms with E-state index in [-0.39, 0.29) is 50.2 Å². The molecule has 6 nitrogen and oxygen atoms in total. The number of likely N-dealkylation sites (tertiary alicyclic amines) is 1. The number of nitrogens with zero attached hydrogens (tertiary/aromatic N) is 4. The van der Waals surface area contributed by atoms with E-state index in [2.05, 4.69) is 16.5 Å². The van der Waals surface area contributed by atoms with Crippen LogP contribution in [0, 0.1) is 0 Å². The van der Waals surface area contributed by atoms with Crippen molar-refractivity contribution >= 4 is 5.82 Å². The van der Waals surface area contributed by atoms with Gasteiger partial charge < -0.3 is 20.3 Å². The minimum Gasteiger partial charge on any atom is -0.383 e. The average molecular weight is 499 g/mol. The van der Waals surface area contributed by atoms with Crippen LogP contribution in [0.2, 0.25) is 0 Å². The second kappa shape index (κ2) is 9.04. The minimum atomic E-state index is -5.09. The largest absolute Gasteiger partial charge is 0.421 e. The van der Waals surface area contributed by atoms with E-state index in [1.165, 1.54) is 0 Å². The summed E-state index contributed by atoms with van der Waals surface area (Å²) < 4.78 is 107. The van der Waals surface area contributed by atoms with Gasteiger partial charge in [-0.2, -0.15) is 26.3 Å². The van der Waals surface area contributed by atoms with Crippen molar-refractivity contribution in [2.75, 3.05) is 18.8 Å². The molecule has 0 aliphatic carbocycles. The highest BCUT2D eigenvalue weighted by atomic mass is 19.4. The van der Waals surface area contributed by atoms with Crippen molar-refractivity contribution in [3.63, 3.8) is 0 Å². The van der Waals surface area contributed by atoms with E-state index in [1.54, 1.807) is 4.90 Å². The molecule has 3 rings (SSSR count). The van der Waals surface area contributed by atoms with Gasteiger partial charge >= 0.3 is 12.4 Å². The first-order valence-electron chi connectivity index (χ1n) is 10.0. The maximum absolute atomic E-state index is 13.4. The molecule has 0 amide bonds. The second-order valence-electron chi connectivity index (χ2n) is 7.94. The van der Waals surface area contributed by atoms with Gasteiger partial charge in [0.15, 0.2) is 0 Å². The SMILES string of the molecule is C=C(CCn1cc(-c2cnc(N)c(C(F)(F)F)c2)nc1[C@H](O)C(F)(F)F)N1CCC(F)(F)CC1. The van der Waals surface area contributed by atoms with Gasteiger partial charge in [-0.1, -0.05) is 6.58 Å². The van der Waals surface area contributed by atoms with Crippen LogP contribution in [0.15, 0.2) is 30.7 Å². The lowest BCUT2D eigenvalue weighted by Crippen LogP contribution is -2.38. The number of imidazole rings is 1. The van der Waals surface area contributed by atoms with Crippen molar-refractivity contribution in [1.29, 1.82) is 0 Å². The summed E-state index contributed by atoms with van der Waals surface area (Å²) in [7, 11) is 0. The van der Waals surface area contributed by atoms with Gasteiger partial charge in [0, 0.05) is 62.6 Å². The molecule has 0 spiro atoms. The van der Waals surface area contributed by atoms with Crippen LogP contribution < -0.4 is 5.73 Å². The van der Waals surface area contributed by atoms with E-state index in [9.17, 15) is 40.2 Å². The third-order valence-corrected chi connectivity index (χ3v) is 5.47. The quantitative estimate of drug-likeness (QED) is 0.560. The molecule has 3 N–H and O–H groups in total. The highest BCUT2D eigenvalue weighted by Gasteiger charge is 2.43. The molecule has 14 heteroatoms. The van der Waals surface area contributed by atoms with Crippen molar-refractivity contribution in [3.05, 3.63) is 42.1 Å². The lowest BCUT2D eigenvalue weighted by Gasteiger charge is -2.34. The van der Waals surface area contributed by atoms with Crippen LogP contribution in [0.3, 0.4) is 0 Å². The van der Waals surface area contributed by atoms with Crippen molar-refractivity contribution in [1.82, 2.24) is 19.4 Å². The number of alkyl halides is 8. The normalized spacial score (nSPS) is 17.6. The fourth-order valence-electron chi connectivity index (χ4n) is 3.51. The summed E-state index contributed by atoms with van der Waals surface area (Å²) in [5.74, 6) is -4.44. The van der Waals surface area contributed by atoms with Gasteiger partial charge in [-0.15, -0.1) is 0 Å². The van der Waals surface area contributed by atoms with Crippen LogP contribution in [0.4, 0.5) is 40.9 Å². The summed E-state index contributed by atoms with van der Waals surface area (Å²) in [6, 6.07) is 0.603. The molecule has 0 radical (unpaired) electrons. The van der Waals surface area contributed by atoms with Gasteiger partial charge in [0.25, 0.3) is 5.92 Å². The molecule has 2 aromatic heterocycles. The molecular formula is C20H21F8N5O. The first kappa shape index (κ1) is 25.7. The molecule has 0 unspecified atom stereocenters. The standard InChI is InChI=1S/C20H21F8N5O/c1-11(32-6-3-18(21,22)4-7-32)2-5-33-10-14(31-17(33)15(34)20(26,27)28)12-8-13(19(23,24)25)16(29)30-9-12/h8-10,15,34H,1-7H2,(H2,29,30)/t15-/m0/s1. The highest BCUT2D eigenvalue weighted by molar-refractivity contribution is 5.62. The Labute approximate surface area is 188 Å². The number of rotatable bonds is 6. The molecular weight excluding hydrogens is 478 g/mol. The molecule has 1 aliphatic heterocycles. The number of pyridine rings is 1. The summed E-state index contributed by atoms with van der Waals surface area (Å²) >= 11 is 0. The molecule has 1 aliphatic rings. The van der Waals surface area contributed by atoms with Gasteiger partial charge in [0.1, 0.15) is 11.6 Å². The Hall–Kier alpha value is -2.90. The Bertz CT molecular complexity index is 1040. The summed E-state index contributed by atoms with van der Waals surface area (Å²) in [5, 5.41) is 9.76. The van der Waals surface area contributed by atoms with E-state index < -0.39 is 41.6 Å². The zero-order valence-corrected chi connectivity index (χ0v) is 17.6. The summed E-state index contributed by atoms with van der Waals surface area (Å²) in [6.45, 7) is 3.66. The van der Waals surface area contributed by atoms with Gasteiger partial charge in [0.2, 0.25) is 6.10 Å². The van der Waals surface area contributed by atoms with Gasteiger partial charge in [-0.3, -0.25) is 0 Å². The first-order chi connectivity index (χ1) is 15.6. The van der Waals surface area contributed by atoms with Gasteiger partial charge in [-0.05, 0) is 6.07 Å². The number of allylic oxidation sites excluding steroid dienone is 1. The second-order valence-corrected chi connectivity index (χ2v) is 7.94. The fraction of sp³-hybridized carbons (Fsp3) is 0.500. The van der Waals surface area contributed by atoms with E-state index >= 15 is 0 Å². The van der Waals surface area contributed by atoms with E-state index in [4.69, 9.17) is 5.73 Å². The summed E-state index contributed by atoms with van der Waals surface area (Å²) in [6.07, 6.45) is -11.7. The third-order valence-electron chi connectivity index (χ3n) is 5.47. The maximum atomic E-state index is 13.4. The van der Waals surface area contributed by atoms with Crippen molar-refractivity contribution in [2.45, 2.75) is 50.2 Å². The zero-order chi connectivity index (χ0) is 25.5. The molecule has 0 saturated carbocycles. The molecule has 188 valence electrons. The first-order valence-corrected chi connectivity index (χ1v) is 10.0. The Kier molecular flexibility index (Phi) is 6.84.